The number of allylic oxidation sites excluding steroid dienone is 1. The molecule has 2 aromatic carbocycles. The number of rotatable bonds is 13. The van der Waals surface area contributed by atoms with Crippen molar-refractivity contribution in [1.29, 1.82) is 5.26 Å². The number of benzene rings is 2. The highest BCUT2D eigenvalue weighted by atomic mass is 32.2. The van der Waals surface area contributed by atoms with Gasteiger partial charge in [0.15, 0.2) is 6.19 Å². The average molecular weight is 502 g/mol. The van der Waals surface area contributed by atoms with Crippen LogP contribution in [-0.4, -0.2) is 72.5 Å². The molecule has 1 saturated heterocycles. The first-order valence-electron chi connectivity index (χ1n) is 12.0. The molecule has 35 heavy (non-hydrogen) atoms. The molecule has 0 bridgehead atoms. The number of nitriles is 1. The van der Waals surface area contributed by atoms with E-state index in [0.29, 0.717) is 32.0 Å². The molecule has 190 valence electrons. The van der Waals surface area contributed by atoms with Gasteiger partial charge < -0.3 is 19.1 Å². The molecule has 1 fully saturated rings. The first-order valence-corrected chi connectivity index (χ1v) is 13.5. The molecular formula is C26H35N3O5S. The Morgan fingerprint density at radius 3 is 2.37 bits per heavy atom. The Morgan fingerprint density at radius 2 is 1.66 bits per heavy atom. The molecule has 0 unspecified atom stereocenters. The highest BCUT2D eigenvalue weighted by Crippen LogP contribution is 2.27. The molecule has 1 aliphatic heterocycles. The molecule has 0 saturated carbocycles. The van der Waals surface area contributed by atoms with Crippen LogP contribution in [0.4, 0.5) is 5.69 Å². The number of piperidine rings is 1. The van der Waals surface area contributed by atoms with Crippen molar-refractivity contribution in [1.82, 2.24) is 4.31 Å². The van der Waals surface area contributed by atoms with Gasteiger partial charge in [0, 0.05) is 25.9 Å². The van der Waals surface area contributed by atoms with Crippen molar-refractivity contribution < 1.29 is 22.6 Å². The summed E-state index contributed by atoms with van der Waals surface area (Å²) >= 11 is 0. The second-order valence-electron chi connectivity index (χ2n) is 8.53. The zero-order valence-corrected chi connectivity index (χ0v) is 21.4. The summed E-state index contributed by atoms with van der Waals surface area (Å²) in [5, 5.41) is 12.7. The van der Waals surface area contributed by atoms with Crippen LogP contribution in [0.15, 0.2) is 41.8 Å². The first-order chi connectivity index (χ1) is 16.9. The van der Waals surface area contributed by atoms with E-state index in [4.69, 9.17) is 14.2 Å². The molecule has 2 aromatic rings. The SMILES string of the molecule is COCCOCCOCCN(C#N)S(=O)(=O)/C=C(/C)c1ccc2cc(N3CCCCC3)ccc2c1. The summed E-state index contributed by atoms with van der Waals surface area (Å²) in [6, 6.07) is 12.3. The van der Waals surface area contributed by atoms with Gasteiger partial charge in [-0.05, 0) is 66.3 Å². The van der Waals surface area contributed by atoms with Crippen molar-refractivity contribution >= 4 is 32.1 Å². The molecule has 1 aliphatic rings. The van der Waals surface area contributed by atoms with E-state index in [1.54, 1.807) is 20.2 Å². The number of fused-ring (bicyclic) bond motifs is 1. The second kappa shape index (κ2) is 13.4. The topological polar surface area (TPSA) is 92.1 Å². The van der Waals surface area contributed by atoms with Crippen LogP contribution in [0.2, 0.25) is 0 Å². The lowest BCUT2D eigenvalue weighted by molar-refractivity contribution is 0.0242. The van der Waals surface area contributed by atoms with E-state index in [0.717, 1.165) is 39.1 Å². The van der Waals surface area contributed by atoms with Gasteiger partial charge >= 0.3 is 0 Å². The molecule has 9 heteroatoms. The van der Waals surface area contributed by atoms with E-state index in [-0.39, 0.29) is 13.2 Å². The smallest absolute Gasteiger partial charge is 0.265 e. The van der Waals surface area contributed by atoms with Crippen molar-refractivity contribution in [2.75, 3.05) is 64.7 Å². The molecule has 0 atom stereocenters. The molecule has 0 radical (unpaired) electrons. The van der Waals surface area contributed by atoms with Gasteiger partial charge in [-0.1, -0.05) is 18.2 Å². The van der Waals surface area contributed by atoms with E-state index >= 15 is 0 Å². The van der Waals surface area contributed by atoms with Gasteiger partial charge in [0.05, 0.1) is 45.0 Å². The van der Waals surface area contributed by atoms with E-state index < -0.39 is 10.0 Å². The van der Waals surface area contributed by atoms with Crippen LogP contribution < -0.4 is 4.90 Å². The largest absolute Gasteiger partial charge is 0.382 e. The Labute approximate surface area is 208 Å². The van der Waals surface area contributed by atoms with Gasteiger partial charge in [-0.2, -0.15) is 5.26 Å². The third kappa shape index (κ3) is 7.94. The summed E-state index contributed by atoms with van der Waals surface area (Å²) in [5.41, 5.74) is 2.60. The summed E-state index contributed by atoms with van der Waals surface area (Å²) in [6.07, 6.45) is 5.50. The van der Waals surface area contributed by atoms with Gasteiger partial charge in [0.1, 0.15) is 0 Å². The molecular weight excluding hydrogens is 466 g/mol. The third-order valence-corrected chi connectivity index (χ3v) is 7.52. The fraction of sp³-hybridized carbons (Fsp3) is 0.500. The van der Waals surface area contributed by atoms with E-state index in [2.05, 4.69) is 23.1 Å². The predicted octanol–water partition coefficient (Wildman–Crippen LogP) is 3.98. The molecule has 3 rings (SSSR count). The van der Waals surface area contributed by atoms with Gasteiger partial charge in [-0.3, -0.25) is 0 Å². The summed E-state index contributed by atoms with van der Waals surface area (Å²) in [5.74, 6) is 0. The summed E-state index contributed by atoms with van der Waals surface area (Å²) < 4.78 is 41.9. The van der Waals surface area contributed by atoms with E-state index in [9.17, 15) is 13.7 Å². The number of anilines is 1. The second-order valence-corrected chi connectivity index (χ2v) is 10.2. The number of hydrogen-bond acceptors (Lipinski definition) is 7. The van der Waals surface area contributed by atoms with Crippen molar-refractivity contribution in [3.05, 3.63) is 47.4 Å². The normalized spacial score (nSPS) is 14.8. The lowest BCUT2D eigenvalue weighted by Crippen LogP contribution is -2.29. The molecule has 0 N–H and O–H groups in total. The lowest BCUT2D eigenvalue weighted by atomic mass is 10.0. The van der Waals surface area contributed by atoms with Crippen LogP contribution in [0.3, 0.4) is 0 Å². The zero-order valence-electron chi connectivity index (χ0n) is 20.6. The van der Waals surface area contributed by atoms with Gasteiger partial charge in [-0.25, -0.2) is 12.7 Å². The highest BCUT2D eigenvalue weighted by molar-refractivity contribution is 7.92. The van der Waals surface area contributed by atoms with Gasteiger partial charge in [-0.15, -0.1) is 0 Å². The minimum Gasteiger partial charge on any atom is -0.382 e. The number of nitrogens with zero attached hydrogens (tertiary/aromatic N) is 3. The standard InChI is InChI=1S/C26H35N3O5S/c1-22(20-35(30,31)29(21-27)12-13-33-16-17-34-15-14-32-2)23-6-7-25-19-26(9-8-24(25)18-23)28-10-4-3-5-11-28/h6-9,18-20H,3-5,10-17H2,1-2H3/b22-20-. The molecule has 1 heterocycles. The van der Waals surface area contributed by atoms with Gasteiger partial charge in [0.2, 0.25) is 0 Å². The number of methoxy groups -OCH3 is 1. The Balaban J connectivity index is 1.61. The van der Waals surface area contributed by atoms with E-state index in [1.807, 2.05) is 18.2 Å². The van der Waals surface area contributed by atoms with Crippen LogP contribution in [0.1, 0.15) is 31.7 Å². The van der Waals surface area contributed by atoms with Crippen molar-refractivity contribution in [3.63, 3.8) is 0 Å². The van der Waals surface area contributed by atoms with Crippen molar-refractivity contribution in [2.45, 2.75) is 26.2 Å². The van der Waals surface area contributed by atoms with Crippen LogP contribution in [0, 0.1) is 11.5 Å². The maximum absolute atomic E-state index is 12.8. The first kappa shape index (κ1) is 27.0. The minimum absolute atomic E-state index is 0.0579. The fourth-order valence-corrected chi connectivity index (χ4v) is 5.18. The quantitative estimate of drug-likeness (QED) is 0.233. The third-order valence-electron chi connectivity index (χ3n) is 5.99. The summed E-state index contributed by atoms with van der Waals surface area (Å²) in [4.78, 5) is 2.42. The van der Waals surface area contributed by atoms with Crippen LogP contribution in [-0.2, 0) is 24.2 Å². The molecule has 0 aromatic heterocycles. The lowest BCUT2D eigenvalue weighted by Gasteiger charge is -2.29. The monoisotopic (exact) mass is 501 g/mol. The van der Waals surface area contributed by atoms with Crippen LogP contribution in [0.25, 0.3) is 16.3 Å². The minimum atomic E-state index is -3.92. The predicted molar refractivity (Wildman–Crippen MR) is 138 cm³/mol. The Bertz CT molecular complexity index is 1140. The molecule has 0 aliphatic carbocycles. The Hall–Kier alpha value is -2.64. The van der Waals surface area contributed by atoms with Crippen molar-refractivity contribution in [3.8, 4) is 6.19 Å². The van der Waals surface area contributed by atoms with Crippen LogP contribution >= 0.6 is 0 Å². The number of sulfonamides is 1. The number of ether oxygens (including phenoxy) is 3. The maximum Gasteiger partial charge on any atom is 0.265 e. The molecule has 0 spiro atoms. The highest BCUT2D eigenvalue weighted by Gasteiger charge is 2.19. The summed E-state index contributed by atoms with van der Waals surface area (Å²) in [6.45, 7) is 5.62. The average Bonchev–Trinajstić information content (AvgIpc) is 2.87. The zero-order chi connectivity index (χ0) is 25.1. The van der Waals surface area contributed by atoms with Crippen molar-refractivity contribution in [2.24, 2.45) is 0 Å². The van der Waals surface area contributed by atoms with E-state index in [1.165, 1.54) is 24.9 Å². The molecule has 0 amide bonds. The van der Waals surface area contributed by atoms with Crippen LogP contribution in [0.5, 0.6) is 0 Å². The van der Waals surface area contributed by atoms with Gasteiger partial charge in [0.25, 0.3) is 10.0 Å². The fourth-order valence-electron chi connectivity index (χ4n) is 4.03. The summed E-state index contributed by atoms with van der Waals surface area (Å²) in [7, 11) is -2.33. The maximum atomic E-state index is 12.8. The molecule has 8 nitrogen and oxygen atoms in total. The Morgan fingerprint density at radius 1 is 1.00 bits per heavy atom. The number of hydrogen-bond donors (Lipinski definition) is 0. The Kier molecular flexibility index (Phi) is 10.4.